The van der Waals surface area contributed by atoms with Gasteiger partial charge in [-0.1, -0.05) is 42.5 Å². The van der Waals surface area contributed by atoms with Crippen LogP contribution < -0.4 is 37.2 Å². The van der Waals surface area contributed by atoms with Crippen molar-refractivity contribution in [1.82, 2.24) is 31.0 Å². The monoisotopic (exact) mass is 826 g/mol. The van der Waals surface area contributed by atoms with Gasteiger partial charge in [0, 0.05) is 56.9 Å². The van der Waals surface area contributed by atoms with Gasteiger partial charge in [0.1, 0.15) is 30.4 Å². The first-order chi connectivity index (χ1) is 27.8. The van der Waals surface area contributed by atoms with Crippen LogP contribution in [-0.4, -0.2) is 119 Å². The fourth-order valence-electron chi connectivity index (χ4n) is 6.40. The number of amides is 8. The zero-order valence-corrected chi connectivity index (χ0v) is 32.6. The number of anilines is 1. The number of hydrogen-bond donors (Lipinski definition) is 9. The predicted octanol–water partition coefficient (Wildman–Crippen LogP) is -0.337. The number of aliphatic hydroxyl groups is 2. The lowest BCUT2D eigenvalue weighted by atomic mass is 10.0. The molecule has 10 N–H and O–H groups in total. The maximum Gasteiger partial charge on any atom is 0.312 e. The Morgan fingerprint density at radius 1 is 0.776 bits per heavy atom. The molecule has 0 aromatic heterocycles. The lowest BCUT2D eigenvalue weighted by Crippen LogP contribution is -2.54. The third-order valence-electron chi connectivity index (χ3n) is 9.55. The maximum atomic E-state index is 13.9. The van der Waals surface area contributed by atoms with Crippen LogP contribution >= 0.6 is 11.8 Å². The van der Waals surface area contributed by atoms with E-state index in [9.17, 15) is 43.8 Å². The summed E-state index contributed by atoms with van der Waals surface area (Å²) in [5.41, 5.74) is 7.35. The van der Waals surface area contributed by atoms with Crippen molar-refractivity contribution in [2.45, 2.75) is 87.9 Å². The van der Waals surface area contributed by atoms with Gasteiger partial charge in [-0.15, -0.1) is 0 Å². The molecule has 6 atom stereocenters. The Hall–Kier alpha value is -5.40. The Kier molecular flexibility index (Phi) is 18.1. The second-order valence-electron chi connectivity index (χ2n) is 13.9. The normalized spacial score (nSPS) is 19.7. The quantitative estimate of drug-likeness (QED) is 0.0398. The molecule has 314 valence electrons. The van der Waals surface area contributed by atoms with Gasteiger partial charge in [-0.05, 0) is 67.1 Å². The summed E-state index contributed by atoms with van der Waals surface area (Å²) < 4.78 is 5.77. The average molecular weight is 827 g/mol. The van der Waals surface area contributed by atoms with Crippen molar-refractivity contribution in [1.29, 1.82) is 0 Å². The Morgan fingerprint density at radius 3 is 2.14 bits per heavy atom. The van der Waals surface area contributed by atoms with Crippen molar-refractivity contribution < 1.29 is 48.5 Å². The summed E-state index contributed by atoms with van der Waals surface area (Å²) in [5, 5.41) is 34.7. The smallest absolute Gasteiger partial charge is 0.312 e. The van der Waals surface area contributed by atoms with Crippen molar-refractivity contribution in [3.63, 3.8) is 0 Å². The van der Waals surface area contributed by atoms with Crippen LogP contribution in [0.25, 0.3) is 0 Å². The molecule has 2 aliphatic rings. The molecule has 4 rings (SSSR count). The SMILES string of the molecule is NC(=O)NCCCC(NC(=O)[C@@H](Cc1ccccc1)NC(=O)C[C@@H]1O[C@H](CNC(=O)CCCCN2C(=O)C=CC2=O)C(O)C1O)C(=O)Nc1ccc(CCNCl)cc1. The minimum Gasteiger partial charge on any atom is -0.388 e. The molecule has 2 aliphatic heterocycles. The number of benzene rings is 2. The van der Waals surface area contributed by atoms with Crippen molar-refractivity contribution in [2.75, 3.05) is 31.5 Å². The molecule has 2 aromatic rings. The highest BCUT2D eigenvalue weighted by atomic mass is 35.5. The number of halogens is 1. The molecule has 3 unspecified atom stereocenters. The number of urea groups is 1. The molecular formula is C39H51ClN8O10. The second-order valence-corrected chi connectivity index (χ2v) is 14.2. The van der Waals surface area contributed by atoms with Crippen LogP contribution in [0.2, 0.25) is 0 Å². The van der Waals surface area contributed by atoms with E-state index < -0.39 is 78.5 Å². The Bertz CT molecular complexity index is 1750. The zero-order valence-electron chi connectivity index (χ0n) is 31.9. The number of primary amides is 1. The predicted molar refractivity (Wildman–Crippen MR) is 211 cm³/mol. The van der Waals surface area contributed by atoms with Crippen molar-refractivity contribution in [2.24, 2.45) is 5.73 Å². The van der Waals surface area contributed by atoms with Crippen LogP contribution in [-0.2, 0) is 46.3 Å². The van der Waals surface area contributed by atoms with Crippen LogP contribution in [0.4, 0.5) is 10.5 Å². The minimum absolute atomic E-state index is 0.0432. The van der Waals surface area contributed by atoms with Crippen molar-refractivity contribution >= 4 is 58.9 Å². The minimum atomic E-state index is -1.48. The van der Waals surface area contributed by atoms with E-state index in [0.717, 1.165) is 10.5 Å². The molecule has 1 fully saturated rings. The van der Waals surface area contributed by atoms with Crippen LogP contribution in [0.1, 0.15) is 49.7 Å². The molecule has 0 radical (unpaired) electrons. The summed E-state index contributed by atoms with van der Waals surface area (Å²) in [6.45, 7) is 0.721. The number of carbonyl (C=O) groups excluding carboxylic acids is 7. The zero-order chi connectivity index (χ0) is 42.0. The number of ether oxygens (including phenoxy) is 1. The molecule has 0 spiro atoms. The van der Waals surface area contributed by atoms with Gasteiger partial charge >= 0.3 is 6.03 Å². The fourth-order valence-corrected chi connectivity index (χ4v) is 6.50. The van der Waals surface area contributed by atoms with E-state index in [4.69, 9.17) is 22.2 Å². The summed E-state index contributed by atoms with van der Waals surface area (Å²) >= 11 is 5.55. The molecular weight excluding hydrogens is 776 g/mol. The number of rotatable bonds is 23. The van der Waals surface area contributed by atoms with Gasteiger partial charge in [0.2, 0.25) is 23.6 Å². The lowest BCUT2D eigenvalue weighted by molar-refractivity contribution is -0.137. The number of nitrogens with two attached hydrogens (primary N) is 1. The first kappa shape index (κ1) is 45.3. The van der Waals surface area contributed by atoms with Gasteiger partial charge in [0.25, 0.3) is 11.8 Å². The first-order valence-corrected chi connectivity index (χ1v) is 19.4. The van der Waals surface area contributed by atoms with Gasteiger partial charge in [-0.2, -0.15) is 0 Å². The second kappa shape index (κ2) is 23.1. The largest absolute Gasteiger partial charge is 0.388 e. The van der Waals surface area contributed by atoms with Crippen LogP contribution in [0.3, 0.4) is 0 Å². The number of nitrogens with zero attached hydrogens (tertiary/aromatic N) is 1. The van der Waals surface area contributed by atoms with E-state index in [1.165, 1.54) is 12.2 Å². The van der Waals surface area contributed by atoms with Gasteiger partial charge in [-0.25, -0.2) is 9.63 Å². The number of unbranched alkanes of at least 4 members (excludes halogenated alkanes) is 1. The van der Waals surface area contributed by atoms with Gasteiger partial charge in [-0.3, -0.25) is 33.7 Å². The van der Waals surface area contributed by atoms with Crippen molar-refractivity contribution in [3.8, 4) is 0 Å². The van der Waals surface area contributed by atoms with E-state index >= 15 is 0 Å². The van der Waals surface area contributed by atoms with Gasteiger partial charge < -0.3 is 47.3 Å². The summed E-state index contributed by atoms with van der Waals surface area (Å²) in [7, 11) is 0. The molecule has 19 heteroatoms. The van der Waals surface area contributed by atoms with E-state index in [1.54, 1.807) is 42.5 Å². The maximum absolute atomic E-state index is 13.9. The number of hydrogen-bond acceptors (Lipinski definition) is 11. The van der Waals surface area contributed by atoms with E-state index in [1.807, 2.05) is 12.1 Å². The fraction of sp³-hybridized carbons (Fsp3) is 0.462. The molecule has 8 amide bonds. The Balaban J connectivity index is 1.34. The number of aliphatic hydroxyl groups excluding tert-OH is 2. The Morgan fingerprint density at radius 2 is 1.47 bits per heavy atom. The summed E-state index contributed by atoms with van der Waals surface area (Å²) in [5.74, 6) is -3.05. The molecule has 2 heterocycles. The standard InChI is InChI=1S/C39H51ClN8O10/c40-44-19-17-24-11-13-26(14-12-24)45-37(55)27(9-6-18-42-39(41)57)47-38(56)28(21-25-7-2-1-3-8-25)46-32(50)22-29-35(53)36(54)30(58-29)23-43-31(49)10-4-5-20-48-33(51)15-16-34(48)52/h1-3,7-8,11-16,27-30,35-36,44,53-54H,4-6,9-10,17-23H2,(H,43,49)(H,45,55)(H,46,50)(H,47,56)(H3,41,42,57)/t27?,28-,29+,30-,35?,36?/m1/s1. The molecule has 1 saturated heterocycles. The third kappa shape index (κ3) is 14.5. The highest BCUT2D eigenvalue weighted by molar-refractivity contribution is 6.13. The van der Waals surface area contributed by atoms with Crippen LogP contribution in [0.15, 0.2) is 66.7 Å². The number of carbonyl (C=O) groups is 7. The van der Waals surface area contributed by atoms with Crippen LogP contribution in [0, 0.1) is 0 Å². The summed E-state index contributed by atoms with van der Waals surface area (Å²) in [6, 6.07) is 13.0. The topological polar surface area (TPSA) is 271 Å². The molecule has 2 aromatic carbocycles. The summed E-state index contributed by atoms with van der Waals surface area (Å²) in [6.07, 6.45) is -1.19. The van der Waals surface area contributed by atoms with Gasteiger partial charge in [0.15, 0.2) is 0 Å². The number of nitrogens with one attached hydrogen (secondary N) is 6. The summed E-state index contributed by atoms with van der Waals surface area (Å²) in [4.78, 5) is 91.5. The lowest BCUT2D eigenvalue weighted by Gasteiger charge is -2.24. The first-order valence-electron chi connectivity index (χ1n) is 19.1. The highest BCUT2D eigenvalue weighted by Crippen LogP contribution is 2.24. The van der Waals surface area contributed by atoms with Crippen LogP contribution in [0.5, 0.6) is 0 Å². The molecule has 58 heavy (non-hydrogen) atoms. The van der Waals surface area contributed by atoms with E-state index in [-0.39, 0.29) is 51.2 Å². The third-order valence-corrected chi connectivity index (χ3v) is 9.74. The highest BCUT2D eigenvalue weighted by Gasteiger charge is 2.43. The van der Waals surface area contributed by atoms with Gasteiger partial charge in [0.05, 0.1) is 12.5 Å². The Labute approximate surface area is 340 Å². The van der Waals surface area contributed by atoms with E-state index in [2.05, 4.69) is 31.4 Å². The molecule has 0 aliphatic carbocycles. The molecule has 18 nitrogen and oxygen atoms in total. The molecule has 0 saturated carbocycles. The molecule has 0 bridgehead atoms. The van der Waals surface area contributed by atoms with Crippen molar-refractivity contribution in [3.05, 3.63) is 77.9 Å². The average Bonchev–Trinajstić information content (AvgIpc) is 3.66. The van der Waals surface area contributed by atoms with E-state index in [0.29, 0.717) is 37.1 Å². The number of imide groups is 1.